The van der Waals surface area contributed by atoms with Crippen LogP contribution in [0.5, 0.6) is 0 Å². The summed E-state index contributed by atoms with van der Waals surface area (Å²) >= 11 is 0. The summed E-state index contributed by atoms with van der Waals surface area (Å²) in [7, 11) is 0. The number of nitrogens with zero attached hydrogens (tertiary/aromatic N) is 2. The van der Waals surface area contributed by atoms with E-state index in [9.17, 15) is 4.39 Å². The van der Waals surface area contributed by atoms with Crippen LogP contribution in [0.2, 0.25) is 0 Å². The van der Waals surface area contributed by atoms with Gasteiger partial charge in [-0.3, -0.25) is 0 Å². The summed E-state index contributed by atoms with van der Waals surface area (Å²) in [6, 6.07) is 3.26. The summed E-state index contributed by atoms with van der Waals surface area (Å²) in [5.74, 6) is 0.674. The van der Waals surface area contributed by atoms with Gasteiger partial charge >= 0.3 is 0 Å². The number of nitrogens with two attached hydrogens (primary N) is 1. The van der Waals surface area contributed by atoms with Gasteiger partial charge in [0.2, 0.25) is 5.95 Å². The van der Waals surface area contributed by atoms with Crippen molar-refractivity contribution in [2.45, 2.75) is 19.9 Å². The Labute approximate surface area is 105 Å². The van der Waals surface area contributed by atoms with Crippen molar-refractivity contribution in [3.63, 3.8) is 0 Å². The van der Waals surface area contributed by atoms with Crippen molar-refractivity contribution in [2.24, 2.45) is 5.92 Å². The van der Waals surface area contributed by atoms with Gasteiger partial charge in [-0.2, -0.15) is 0 Å². The molecule has 3 rings (SSSR count). The summed E-state index contributed by atoms with van der Waals surface area (Å²) in [6.45, 7) is 4.11. The van der Waals surface area contributed by atoms with E-state index in [1.807, 2.05) is 10.6 Å². The fraction of sp³-hybridized carbons (Fsp3) is 0.462. The first-order valence-corrected chi connectivity index (χ1v) is 6.15. The number of imidazole rings is 1. The van der Waals surface area contributed by atoms with Gasteiger partial charge in [0, 0.05) is 25.1 Å². The molecule has 1 aliphatic rings. The molecule has 5 heteroatoms. The molecule has 0 amide bonds. The van der Waals surface area contributed by atoms with Crippen LogP contribution in [0, 0.1) is 18.7 Å². The van der Waals surface area contributed by atoms with Gasteiger partial charge < -0.3 is 15.0 Å². The van der Waals surface area contributed by atoms with Gasteiger partial charge in [-0.1, -0.05) is 0 Å². The largest absolute Gasteiger partial charge is 0.381 e. The van der Waals surface area contributed by atoms with Gasteiger partial charge in [0.1, 0.15) is 5.82 Å². The molecular weight excluding hydrogens is 233 g/mol. The number of aromatic nitrogens is 2. The fourth-order valence-electron chi connectivity index (χ4n) is 2.45. The van der Waals surface area contributed by atoms with Crippen LogP contribution in [0.25, 0.3) is 11.0 Å². The zero-order valence-electron chi connectivity index (χ0n) is 10.3. The molecule has 0 saturated carbocycles. The Morgan fingerprint density at radius 1 is 1.56 bits per heavy atom. The Balaban J connectivity index is 2.04. The molecular formula is C13H16FN3O. The summed E-state index contributed by atoms with van der Waals surface area (Å²) < 4.78 is 20.8. The molecule has 96 valence electrons. The zero-order valence-corrected chi connectivity index (χ0v) is 10.3. The number of benzene rings is 1. The Bertz CT molecular complexity index is 587. The molecule has 0 spiro atoms. The van der Waals surface area contributed by atoms with Gasteiger partial charge in [-0.05, 0) is 25.0 Å². The van der Waals surface area contributed by atoms with Crippen molar-refractivity contribution in [3.05, 3.63) is 23.5 Å². The summed E-state index contributed by atoms with van der Waals surface area (Å²) in [5, 5.41) is 0. The molecule has 1 aliphatic heterocycles. The molecule has 2 N–H and O–H groups in total. The van der Waals surface area contributed by atoms with Gasteiger partial charge in [0.25, 0.3) is 0 Å². The Morgan fingerprint density at radius 2 is 2.39 bits per heavy atom. The maximum atomic E-state index is 13.5. The number of aryl methyl sites for hydroxylation is 1. The minimum absolute atomic E-state index is 0.239. The second-order valence-corrected chi connectivity index (χ2v) is 4.90. The molecule has 4 nitrogen and oxygen atoms in total. The Hall–Kier alpha value is -1.62. The Morgan fingerprint density at radius 3 is 3.11 bits per heavy atom. The van der Waals surface area contributed by atoms with E-state index >= 15 is 0 Å². The molecule has 1 aromatic heterocycles. The van der Waals surface area contributed by atoms with Gasteiger partial charge in [-0.15, -0.1) is 0 Å². The molecule has 18 heavy (non-hydrogen) atoms. The van der Waals surface area contributed by atoms with Crippen LogP contribution < -0.4 is 5.73 Å². The summed E-state index contributed by atoms with van der Waals surface area (Å²) in [4.78, 5) is 4.22. The van der Waals surface area contributed by atoms with E-state index in [0.29, 0.717) is 22.9 Å². The predicted molar refractivity (Wildman–Crippen MR) is 67.8 cm³/mol. The fourth-order valence-corrected chi connectivity index (χ4v) is 2.45. The highest BCUT2D eigenvalue weighted by molar-refractivity contribution is 5.79. The average Bonchev–Trinajstić information content (AvgIpc) is 2.92. The number of hydrogen-bond acceptors (Lipinski definition) is 3. The number of hydrogen-bond donors (Lipinski definition) is 1. The highest BCUT2D eigenvalue weighted by Crippen LogP contribution is 2.24. The number of ether oxygens (including phenoxy) is 1. The van der Waals surface area contributed by atoms with E-state index in [1.54, 1.807) is 6.92 Å². The maximum absolute atomic E-state index is 13.5. The highest BCUT2D eigenvalue weighted by Gasteiger charge is 2.19. The molecule has 1 fully saturated rings. The molecule has 2 aromatic rings. The first kappa shape index (κ1) is 11.5. The van der Waals surface area contributed by atoms with Crippen LogP contribution in [-0.2, 0) is 11.3 Å². The standard InChI is InChI=1S/C13H16FN3O/c1-8-4-12-11(5-10(8)14)16-13(15)17(12)6-9-2-3-18-7-9/h4-5,9H,2-3,6-7H2,1H3,(H2,15,16). The monoisotopic (exact) mass is 249 g/mol. The van der Waals surface area contributed by atoms with E-state index in [0.717, 1.165) is 31.7 Å². The average molecular weight is 249 g/mol. The number of halogens is 1. The summed E-state index contributed by atoms with van der Waals surface area (Å²) in [6.07, 6.45) is 1.04. The topological polar surface area (TPSA) is 53.1 Å². The van der Waals surface area contributed by atoms with Crippen molar-refractivity contribution < 1.29 is 9.13 Å². The molecule has 1 saturated heterocycles. The van der Waals surface area contributed by atoms with Gasteiger partial charge in [0.05, 0.1) is 17.6 Å². The van der Waals surface area contributed by atoms with E-state index in [2.05, 4.69) is 4.98 Å². The normalized spacial score (nSPS) is 19.8. The van der Waals surface area contributed by atoms with Crippen LogP contribution in [0.15, 0.2) is 12.1 Å². The first-order chi connectivity index (χ1) is 8.65. The molecule has 1 atom stereocenters. The molecule has 1 aromatic carbocycles. The van der Waals surface area contributed by atoms with E-state index in [4.69, 9.17) is 10.5 Å². The molecule has 0 aliphatic carbocycles. The third-order valence-electron chi connectivity index (χ3n) is 3.52. The Kier molecular flexibility index (Phi) is 2.70. The van der Waals surface area contributed by atoms with Crippen molar-refractivity contribution >= 4 is 17.0 Å². The van der Waals surface area contributed by atoms with Gasteiger partial charge in [0.15, 0.2) is 0 Å². The maximum Gasteiger partial charge on any atom is 0.201 e. The van der Waals surface area contributed by atoms with E-state index in [1.165, 1.54) is 6.07 Å². The van der Waals surface area contributed by atoms with E-state index in [-0.39, 0.29) is 5.82 Å². The second-order valence-electron chi connectivity index (χ2n) is 4.90. The third kappa shape index (κ3) is 1.84. The van der Waals surface area contributed by atoms with Crippen molar-refractivity contribution in [1.82, 2.24) is 9.55 Å². The van der Waals surface area contributed by atoms with Crippen LogP contribution in [0.4, 0.5) is 10.3 Å². The number of anilines is 1. The number of fused-ring (bicyclic) bond motifs is 1. The summed E-state index contributed by atoms with van der Waals surface area (Å²) in [5.41, 5.74) is 8.06. The van der Waals surface area contributed by atoms with Crippen LogP contribution >= 0.6 is 0 Å². The quantitative estimate of drug-likeness (QED) is 0.886. The zero-order chi connectivity index (χ0) is 12.7. The van der Waals surface area contributed by atoms with E-state index < -0.39 is 0 Å². The SMILES string of the molecule is Cc1cc2c(cc1F)nc(N)n2CC1CCOC1. The molecule has 2 heterocycles. The first-order valence-electron chi connectivity index (χ1n) is 6.15. The number of rotatable bonds is 2. The van der Waals surface area contributed by atoms with Crippen LogP contribution in [-0.4, -0.2) is 22.8 Å². The van der Waals surface area contributed by atoms with Crippen LogP contribution in [0.3, 0.4) is 0 Å². The predicted octanol–water partition coefficient (Wildman–Crippen LogP) is 2.10. The lowest BCUT2D eigenvalue weighted by atomic mass is 10.1. The van der Waals surface area contributed by atoms with Crippen molar-refractivity contribution in [1.29, 1.82) is 0 Å². The molecule has 0 radical (unpaired) electrons. The van der Waals surface area contributed by atoms with Crippen LogP contribution in [0.1, 0.15) is 12.0 Å². The van der Waals surface area contributed by atoms with Crippen molar-refractivity contribution in [2.75, 3.05) is 18.9 Å². The second kappa shape index (κ2) is 4.24. The minimum atomic E-state index is -0.239. The molecule has 1 unspecified atom stereocenters. The third-order valence-corrected chi connectivity index (χ3v) is 3.52. The molecule has 0 bridgehead atoms. The lowest BCUT2D eigenvalue weighted by Crippen LogP contribution is -2.12. The number of nitrogen functional groups attached to an aromatic ring is 1. The lowest BCUT2D eigenvalue weighted by Gasteiger charge is -2.11. The lowest BCUT2D eigenvalue weighted by molar-refractivity contribution is 0.183. The van der Waals surface area contributed by atoms with Crippen molar-refractivity contribution in [3.8, 4) is 0 Å². The highest BCUT2D eigenvalue weighted by atomic mass is 19.1. The minimum Gasteiger partial charge on any atom is -0.381 e. The smallest absolute Gasteiger partial charge is 0.201 e. The van der Waals surface area contributed by atoms with Gasteiger partial charge in [-0.25, -0.2) is 9.37 Å².